The minimum atomic E-state index is -3.64. The van der Waals surface area contributed by atoms with Crippen molar-refractivity contribution in [3.05, 3.63) is 53.6 Å². The van der Waals surface area contributed by atoms with Gasteiger partial charge in [0.2, 0.25) is 15.9 Å². The second-order valence-corrected chi connectivity index (χ2v) is 10.0. The van der Waals surface area contributed by atoms with Gasteiger partial charge in [0.25, 0.3) is 0 Å². The third kappa shape index (κ3) is 3.96. The van der Waals surface area contributed by atoms with Gasteiger partial charge in [-0.15, -0.1) is 0 Å². The molecule has 2 aliphatic rings. The minimum absolute atomic E-state index is 0.0365. The smallest absolute Gasteiger partial charge is 0.243 e. The molecule has 2 aromatic carbocycles. The van der Waals surface area contributed by atoms with Gasteiger partial charge >= 0.3 is 0 Å². The molecule has 0 saturated carbocycles. The maximum Gasteiger partial charge on any atom is 0.243 e. The molecule has 0 spiro atoms. The fourth-order valence-corrected chi connectivity index (χ4v) is 5.96. The van der Waals surface area contributed by atoms with Gasteiger partial charge in [0.15, 0.2) is 0 Å². The Bertz CT molecular complexity index is 1030. The van der Waals surface area contributed by atoms with Crippen LogP contribution in [0.5, 0.6) is 5.75 Å². The summed E-state index contributed by atoms with van der Waals surface area (Å²) in [6.07, 6.45) is 3.30. The molecule has 0 aromatic heterocycles. The van der Waals surface area contributed by atoms with Crippen molar-refractivity contribution in [1.82, 2.24) is 4.31 Å². The highest BCUT2D eigenvalue weighted by atomic mass is 32.2. The average Bonchev–Trinajstić information content (AvgIpc) is 2.78. The van der Waals surface area contributed by atoms with Gasteiger partial charge in [-0.05, 0) is 68.5 Å². The number of ether oxygens (including phenoxy) is 1. The summed E-state index contributed by atoms with van der Waals surface area (Å²) in [6.45, 7) is 3.42. The summed E-state index contributed by atoms with van der Waals surface area (Å²) in [5.41, 5.74) is 3.37. The number of anilines is 1. The fourth-order valence-electron chi connectivity index (χ4n) is 4.43. The van der Waals surface area contributed by atoms with Crippen LogP contribution in [-0.4, -0.2) is 45.4 Å². The van der Waals surface area contributed by atoms with Crippen molar-refractivity contribution in [2.45, 2.75) is 37.5 Å². The Morgan fingerprint density at radius 2 is 1.83 bits per heavy atom. The summed E-state index contributed by atoms with van der Waals surface area (Å²) in [7, 11) is -2.10. The number of methoxy groups -OCH3 is 1. The van der Waals surface area contributed by atoms with E-state index in [9.17, 15) is 13.2 Å². The largest absolute Gasteiger partial charge is 0.497 e. The van der Waals surface area contributed by atoms with Crippen LogP contribution in [0.3, 0.4) is 0 Å². The SMILES string of the molecule is COc1ccc(S(=O)(=O)N2CCCC(C(=O)N3CCCc4cc(C)ccc43)C2)cc1. The zero-order valence-electron chi connectivity index (χ0n) is 17.5. The van der Waals surface area contributed by atoms with Crippen LogP contribution in [0.1, 0.15) is 30.4 Å². The van der Waals surface area contributed by atoms with Crippen molar-refractivity contribution < 1.29 is 17.9 Å². The summed E-state index contributed by atoms with van der Waals surface area (Å²) in [4.78, 5) is 15.5. The van der Waals surface area contributed by atoms with Crippen molar-refractivity contribution >= 4 is 21.6 Å². The molecule has 1 amide bonds. The second-order valence-electron chi connectivity index (χ2n) is 8.10. The van der Waals surface area contributed by atoms with Crippen LogP contribution in [-0.2, 0) is 21.2 Å². The van der Waals surface area contributed by atoms with E-state index in [1.807, 2.05) is 17.0 Å². The number of fused-ring (bicyclic) bond motifs is 1. The van der Waals surface area contributed by atoms with E-state index in [0.29, 0.717) is 31.7 Å². The Morgan fingerprint density at radius 1 is 1.07 bits per heavy atom. The standard InChI is InChI=1S/C23H28N2O4S/c1-17-7-12-22-18(15-17)5-4-14-25(22)23(26)19-6-3-13-24(16-19)30(27,28)21-10-8-20(29-2)9-11-21/h7-12,15,19H,3-6,13-14,16H2,1-2H3. The molecular formula is C23H28N2O4S. The van der Waals surface area contributed by atoms with Gasteiger partial charge in [-0.2, -0.15) is 4.31 Å². The van der Waals surface area contributed by atoms with Crippen LogP contribution in [0.2, 0.25) is 0 Å². The monoisotopic (exact) mass is 428 g/mol. The molecule has 160 valence electrons. The zero-order valence-corrected chi connectivity index (χ0v) is 18.3. The lowest BCUT2D eigenvalue weighted by atomic mass is 9.94. The highest BCUT2D eigenvalue weighted by Gasteiger charge is 2.36. The van der Waals surface area contributed by atoms with E-state index in [4.69, 9.17) is 4.74 Å². The third-order valence-corrected chi connectivity index (χ3v) is 7.93. The molecule has 6 nitrogen and oxygen atoms in total. The van der Waals surface area contributed by atoms with Gasteiger partial charge in [0.1, 0.15) is 5.75 Å². The Morgan fingerprint density at radius 3 is 2.57 bits per heavy atom. The normalized spacial score (nSPS) is 19.9. The summed E-state index contributed by atoms with van der Waals surface area (Å²) in [6, 6.07) is 12.6. The van der Waals surface area contributed by atoms with Crippen LogP contribution in [0.4, 0.5) is 5.69 Å². The van der Waals surface area contributed by atoms with Gasteiger partial charge < -0.3 is 9.64 Å². The summed E-state index contributed by atoms with van der Waals surface area (Å²) < 4.78 is 32.8. The van der Waals surface area contributed by atoms with E-state index < -0.39 is 10.0 Å². The third-order valence-electron chi connectivity index (χ3n) is 6.05. The highest BCUT2D eigenvalue weighted by Crippen LogP contribution is 2.32. The summed E-state index contributed by atoms with van der Waals surface area (Å²) in [5, 5.41) is 0. The highest BCUT2D eigenvalue weighted by molar-refractivity contribution is 7.89. The molecular weight excluding hydrogens is 400 g/mol. The van der Waals surface area contributed by atoms with Gasteiger partial charge in [0, 0.05) is 25.3 Å². The number of nitrogens with zero attached hydrogens (tertiary/aromatic N) is 2. The van der Waals surface area contributed by atoms with Gasteiger partial charge in [-0.25, -0.2) is 8.42 Å². The first-order valence-electron chi connectivity index (χ1n) is 10.5. The van der Waals surface area contributed by atoms with E-state index >= 15 is 0 Å². The van der Waals surface area contributed by atoms with Crippen LogP contribution in [0, 0.1) is 12.8 Å². The second kappa shape index (κ2) is 8.40. The number of aryl methyl sites for hydroxylation is 2. The number of carbonyl (C=O) groups is 1. The summed E-state index contributed by atoms with van der Waals surface area (Å²) in [5.74, 6) is 0.327. The van der Waals surface area contributed by atoms with Crippen molar-refractivity contribution in [3.63, 3.8) is 0 Å². The maximum atomic E-state index is 13.4. The van der Waals surface area contributed by atoms with E-state index in [1.165, 1.54) is 15.4 Å². The molecule has 1 atom stereocenters. The lowest BCUT2D eigenvalue weighted by molar-refractivity contribution is -0.123. The first kappa shape index (κ1) is 20.9. The zero-order chi connectivity index (χ0) is 21.3. The molecule has 4 rings (SSSR count). The van der Waals surface area contributed by atoms with Gasteiger partial charge in [-0.1, -0.05) is 17.7 Å². The number of rotatable bonds is 4. The Hall–Kier alpha value is -2.38. The van der Waals surface area contributed by atoms with Crippen LogP contribution >= 0.6 is 0 Å². The Labute approximate surface area is 178 Å². The number of hydrogen-bond donors (Lipinski definition) is 0. The molecule has 0 N–H and O–H groups in total. The molecule has 2 aromatic rings. The first-order valence-corrected chi connectivity index (χ1v) is 11.9. The number of amides is 1. The molecule has 7 heteroatoms. The molecule has 0 aliphatic carbocycles. The molecule has 0 radical (unpaired) electrons. The van der Waals surface area contributed by atoms with E-state index in [2.05, 4.69) is 13.0 Å². The van der Waals surface area contributed by atoms with Crippen molar-refractivity contribution in [3.8, 4) is 5.75 Å². The topological polar surface area (TPSA) is 66.9 Å². The fraction of sp³-hybridized carbons (Fsp3) is 0.435. The summed E-state index contributed by atoms with van der Waals surface area (Å²) >= 11 is 0. The van der Waals surface area contributed by atoms with E-state index in [-0.39, 0.29) is 23.3 Å². The van der Waals surface area contributed by atoms with Crippen molar-refractivity contribution in [2.24, 2.45) is 5.92 Å². The number of hydrogen-bond acceptors (Lipinski definition) is 4. The van der Waals surface area contributed by atoms with Gasteiger partial charge in [0.05, 0.1) is 17.9 Å². The lowest BCUT2D eigenvalue weighted by Gasteiger charge is -2.36. The Kier molecular flexibility index (Phi) is 5.84. The van der Waals surface area contributed by atoms with E-state index in [1.54, 1.807) is 31.4 Å². The maximum absolute atomic E-state index is 13.4. The number of carbonyl (C=O) groups excluding carboxylic acids is 1. The van der Waals surface area contributed by atoms with Crippen molar-refractivity contribution in [2.75, 3.05) is 31.6 Å². The predicted octanol–water partition coefficient (Wildman–Crippen LogP) is 3.38. The first-order chi connectivity index (χ1) is 14.4. The molecule has 2 aliphatic heterocycles. The van der Waals surface area contributed by atoms with Gasteiger partial charge in [-0.3, -0.25) is 4.79 Å². The van der Waals surface area contributed by atoms with Crippen LogP contribution in [0.25, 0.3) is 0 Å². The molecule has 0 bridgehead atoms. The Balaban J connectivity index is 1.53. The lowest BCUT2D eigenvalue weighted by Crippen LogP contribution is -2.48. The molecule has 2 heterocycles. The minimum Gasteiger partial charge on any atom is -0.497 e. The quantitative estimate of drug-likeness (QED) is 0.749. The van der Waals surface area contributed by atoms with Crippen LogP contribution in [0.15, 0.2) is 47.4 Å². The van der Waals surface area contributed by atoms with Crippen molar-refractivity contribution in [1.29, 1.82) is 0 Å². The van der Waals surface area contributed by atoms with E-state index in [0.717, 1.165) is 18.5 Å². The average molecular weight is 429 g/mol. The number of sulfonamides is 1. The number of benzene rings is 2. The predicted molar refractivity (Wildman–Crippen MR) is 116 cm³/mol. The molecule has 1 fully saturated rings. The molecule has 30 heavy (non-hydrogen) atoms. The molecule has 1 unspecified atom stereocenters. The van der Waals surface area contributed by atoms with Crippen LogP contribution < -0.4 is 9.64 Å². The molecule has 1 saturated heterocycles. The number of piperidine rings is 1.